The summed E-state index contributed by atoms with van der Waals surface area (Å²) in [5.41, 5.74) is 5.66. The molecular formula is C8H9IN2O3. The van der Waals surface area contributed by atoms with Crippen molar-refractivity contribution in [1.82, 2.24) is 0 Å². The van der Waals surface area contributed by atoms with Crippen molar-refractivity contribution in [3.63, 3.8) is 0 Å². The number of nitro benzene ring substituents is 1. The Balaban J connectivity index is 3.40. The zero-order chi connectivity index (χ0) is 10.9. The Morgan fingerprint density at radius 2 is 2.21 bits per heavy atom. The van der Waals surface area contributed by atoms with Gasteiger partial charge < -0.3 is 10.8 Å². The number of hydrogen-bond acceptors (Lipinski definition) is 4. The van der Waals surface area contributed by atoms with Crippen LogP contribution in [0.2, 0.25) is 0 Å². The van der Waals surface area contributed by atoms with E-state index in [4.69, 9.17) is 5.73 Å². The van der Waals surface area contributed by atoms with Gasteiger partial charge in [-0.2, -0.15) is 0 Å². The van der Waals surface area contributed by atoms with Crippen LogP contribution in [0.15, 0.2) is 12.1 Å². The van der Waals surface area contributed by atoms with Crippen LogP contribution in [0.5, 0.6) is 5.75 Å². The maximum absolute atomic E-state index is 10.6. The van der Waals surface area contributed by atoms with Crippen LogP contribution in [-0.4, -0.2) is 10.0 Å². The van der Waals surface area contributed by atoms with Crippen molar-refractivity contribution < 1.29 is 10.0 Å². The predicted octanol–water partition coefficient (Wildman–Crippen LogP) is 1.92. The lowest BCUT2D eigenvalue weighted by Gasteiger charge is -2.08. The third-order valence-electron chi connectivity index (χ3n) is 1.77. The molecule has 0 saturated heterocycles. The SMILES string of the molecule is CC(N)c1cc(I)cc([N+](=O)[O-])c1O. The Labute approximate surface area is 94.2 Å². The molecule has 3 N–H and O–H groups in total. The van der Waals surface area contributed by atoms with Gasteiger partial charge in [-0.15, -0.1) is 0 Å². The molecule has 0 heterocycles. The normalized spacial score (nSPS) is 12.5. The van der Waals surface area contributed by atoms with E-state index >= 15 is 0 Å². The number of hydrogen-bond donors (Lipinski definition) is 2. The van der Waals surface area contributed by atoms with Crippen molar-refractivity contribution in [3.8, 4) is 5.75 Å². The van der Waals surface area contributed by atoms with Crippen LogP contribution >= 0.6 is 22.6 Å². The van der Waals surface area contributed by atoms with Gasteiger partial charge in [-0.25, -0.2) is 0 Å². The second kappa shape index (κ2) is 4.09. The number of rotatable bonds is 2. The van der Waals surface area contributed by atoms with Crippen molar-refractivity contribution >= 4 is 28.3 Å². The number of nitro groups is 1. The number of halogens is 1. The molecule has 6 heteroatoms. The predicted molar refractivity (Wildman–Crippen MR) is 60.1 cm³/mol. The van der Waals surface area contributed by atoms with Gasteiger partial charge in [0, 0.05) is 21.2 Å². The van der Waals surface area contributed by atoms with E-state index in [9.17, 15) is 15.2 Å². The summed E-state index contributed by atoms with van der Waals surface area (Å²) >= 11 is 1.94. The fourth-order valence-corrected chi connectivity index (χ4v) is 1.72. The summed E-state index contributed by atoms with van der Waals surface area (Å²) in [6, 6.07) is 2.51. The van der Waals surface area contributed by atoms with Gasteiger partial charge >= 0.3 is 5.69 Å². The molecule has 5 nitrogen and oxygen atoms in total. The molecule has 0 aliphatic carbocycles. The van der Waals surface area contributed by atoms with Gasteiger partial charge in [-0.1, -0.05) is 0 Å². The Hall–Kier alpha value is -0.890. The van der Waals surface area contributed by atoms with Crippen molar-refractivity contribution in [2.45, 2.75) is 13.0 Å². The fourth-order valence-electron chi connectivity index (χ4n) is 1.09. The molecule has 0 aromatic heterocycles. The quantitative estimate of drug-likeness (QED) is 0.496. The Bertz CT molecular complexity index is 379. The topological polar surface area (TPSA) is 89.4 Å². The van der Waals surface area contributed by atoms with Crippen molar-refractivity contribution in [3.05, 3.63) is 31.4 Å². The van der Waals surface area contributed by atoms with Gasteiger partial charge in [-0.3, -0.25) is 10.1 Å². The van der Waals surface area contributed by atoms with Crippen LogP contribution in [0.3, 0.4) is 0 Å². The molecular weight excluding hydrogens is 299 g/mol. The van der Waals surface area contributed by atoms with Gasteiger partial charge in [0.2, 0.25) is 0 Å². The van der Waals surface area contributed by atoms with Crippen LogP contribution in [0.1, 0.15) is 18.5 Å². The first-order valence-corrected chi connectivity index (χ1v) is 4.93. The van der Waals surface area contributed by atoms with E-state index in [-0.39, 0.29) is 11.4 Å². The van der Waals surface area contributed by atoms with E-state index in [1.807, 2.05) is 22.6 Å². The lowest BCUT2D eigenvalue weighted by atomic mass is 10.1. The van der Waals surface area contributed by atoms with Crippen LogP contribution in [0.4, 0.5) is 5.69 Å². The maximum Gasteiger partial charge on any atom is 0.312 e. The highest BCUT2D eigenvalue weighted by Gasteiger charge is 2.19. The number of nitrogens with zero attached hydrogens (tertiary/aromatic N) is 1. The first-order valence-electron chi connectivity index (χ1n) is 3.86. The van der Waals surface area contributed by atoms with Crippen LogP contribution in [0.25, 0.3) is 0 Å². The van der Waals surface area contributed by atoms with Gasteiger partial charge in [0.1, 0.15) is 0 Å². The van der Waals surface area contributed by atoms with Gasteiger partial charge in [0.15, 0.2) is 5.75 Å². The third kappa shape index (κ3) is 2.13. The first kappa shape index (κ1) is 11.2. The summed E-state index contributed by atoms with van der Waals surface area (Å²) in [6.45, 7) is 1.66. The third-order valence-corrected chi connectivity index (χ3v) is 2.39. The second-order valence-corrected chi connectivity index (χ2v) is 4.15. The summed E-state index contributed by atoms with van der Waals surface area (Å²) in [5, 5.41) is 20.1. The van der Waals surface area contributed by atoms with Gasteiger partial charge in [0.05, 0.1) is 4.92 Å². The van der Waals surface area contributed by atoms with E-state index in [2.05, 4.69) is 0 Å². The van der Waals surface area contributed by atoms with E-state index < -0.39 is 11.0 Å². The zero-order valence-electron chi connectivity index (χ0n) is 7.40. The van der Waals surface area contributed by atoms with Crippen molar-refractivity contribution in [2.75, 3.05) is 0 Å². The molecule has 0 spiro atoms. The van der Waals surface area contributed by atoms with Gasteiger partial charge in [-0.05, 0) is 35.6 Å². The largest absolute Gasteiger partial charge is 0.502 e. The average molecular weight is 308 g/mol. The highest BCUT2D eigenvalue weighted by atomic mass is 127. The van der Waals surface area contributed by atoms with E-state index in [0.29, 0.717) is 9.13 Å². The fraction of sp³-hybridized carbons (Fsp3) is 0.250. The smallest absolute Gasteiger partial charge is 0.312 e. The Morgan fingerprint density at radius 1 is 1.64 bits per heavy atom. The molecule has 1 aromatic carbocycles. The van der Waals surface area contributed by atoms with E-state index in [1.54, 1.807) is 13.0 Å². The van der Waals surface area contributed by atoms with Crippen LogP contribution < -0.4 is 5.73 Å². The second-order valence-electron chi connectivity index (χ2n) is 2.91. The Kier molecular flexibility index (Phi) is 3.27. The zero-order valence-corrected chi connectivity index (χ0v) is 9.56. The average Bonchev–Trinajstić information content (AvgIpc) is 2.07. The molecule has 1 atom stereocenters. The highest BCUT2D eigenvalue weighted by Crippen LogP contribution is 2.34. The molecule has 14 heavy (non-hydrogen) atoms. The summed E-state index contributed by atoms with van der Waals surface area (Å²) in [7, 11) is 0. The molecule has 1 unspecified atom stereocenters. The monoisotopic (exact) mass is 308 g/mol. The lowest BCUT2D eigenvalue weighted by molar-refractivity contribution is -0.386. The molecule has 0 fully saturated rings. The number of benzene rings is 1. The highest BCUT2D eigenvalue weighted by molar-refractivity contribution is 14.1. The summed E-state index contributed by atoms with van der Waals surface area (Å²) in [5.74, 6) is -0.342. The molecule has 0 saturated carbocycles. The minimum atomic E-state index is -0.622. The van der Waals surface area contributed by atoms with Crippen LogP contribution in [0, 0.1) is 13.7 Å². The molecule has 0 bridgehead atoms. The number of nitrogens with two attached hydrogens (primary N) is 1. The van der Waals surface area contributed by atoms with Crippen molar-refractivity contribution in [2.24, 2.45) is 5.73 Å². The Morgan fingerprint density at radius 3 is 2.64 bits per heavy atom. The molecule has 1 rings (SSSR count). The standard InChI is InChI=1S/C8H9IN2O3/c1-4(10)6-2-5(9)3-7(8(6)12)11(13)14/h2-4,12H,10H2,1H3. The summed E-state index contributed by atoms with van der Waals surface area (Å²) < 4.78 is 0.680. The molecule has 0 aliphatic heterocycles. The minimum absolute atomic E-state index is 0.302. The van der Waals surface area contributed by atoms with Gasteiger partial charge in [0.25, 0.3) is 0 Å². The van der Waals surface area contributed by atoms with E-state index in [1.165, 1.54) is 6.07 Å². The summed E-state index contributed by atoms with van der Waals surface area (Å²) in [6.07, 6.45) is 0. The van der Waals surface area contributed by atoms with Crippen LogP contribution in [-0.2, 0) is 0 Å². The molecule has 0 amide bonds. The number of aromatic hydroxyl groups is 1. The molecule has 0 radical (unpaired) electrons. The first-order chi connectivity index (χ1) is 6.43. The molecule has 0 aliphatic rings. The molecule has 1 aromatic rings. The number of phenolic OH excluding ortho intramolecular Hbond substituents is 1. The molecule has 76 valence electrons. The lowest BCUT2D eigenvalue weighted by Crippen LogP contribution is -2.06. The number of phenols is 1. The summed E-state index contributed by atoms with van der Waals surface area (Å²) in [4.78, 5) is 9.93. The maximum atomic E-state index is 10.6. The van der Waals surface area contributed by atoms with Crippen molar-refractivity contribution in [1.29, 1.82) is 0 Å². The van der Waals surface area contributed by atoms with E-state index in [0.717, 1.165) is 0 Å². The minimum Gasteiger partial charge on any atom is -0.502 e.